The zero-order chi connectivity index (χ0) is 8.81. The summed E-state index contributed by atoms with van der Waals surface area (Å²) >= 11 is 8.53. The van der Waals surface area contributed by atoms with Crippen LogP contribution in [0.2, 0.25) is 0 Å². The molecule has 0 bridgehead atoms. The van der Waals surface area contributed by atoms with Gasteiger partial charge in [-0.15, -0.1) is 25.3 Å². The minimum absolute atomic E-state index is 0.870. The molecule has 0 aliphatic rings. The highest BCUT2D eigenvalue weighted by atomic mass is 32.1. The fourth-order valence-corrected chi connectivity index (χ4v) is 1.04. The molecule has 2 heteroatoms. The van der Waals surface area contributed by atoms with Crippen molar-refractivity contribution in [3.05, 3.63) is 48.5 Å². The van der Waals surface area contributed by atoms with E-state index >= 15 is 0 Å². The molecule has 1 aromatic rings. The molecule has 0 amide bonds. The first-order valence-electron chi connectivity index (χ1n) is 3.61. The molecule has 1 aromatic carbocycles. The van der Waals surface area contributed by atoms with Gasteiger partial charge in [0.1, 0.15) is 0 Å². The molecule has 0 fully saturated rings. The first kappa shape index (κ1) is 9.49. The van der Waals surface area contributed by atoms with E-state index in [0.29, 0.717) is 0 Å². The van der Waals surface area contributed by atoms with E-state index in [-0.39, 0.29) is 0 Å². The lowest BCUT2D eigenvalue weighted by Gasteiger charge is -1.88. The van der Waals surface area contributed by atoms with Crippen molar-refractivity contribution in [2.75, 3.05) is 0 Å². The van der Waals surface area contributed by atoms with E-state index in [2.05, 4.69) is 25.3 Å². The predicted molar refractivity (Wildman–Crippen MR) is 58.6 cm³/mol. The van der Waals surface area contributed by atoms with Crippen LogP contribution in [0.4, 0.5) is 0 Å². The first-order valence-corrected chi connectivity index (χ1v) is 4.50. The van der Waals surface area contributed by atoms with Crippen molar-refractivity contribution in [1.82, 2.24) is 0 Å². The second-order valence-corrected chi connectivity index (χ2v) is 3.22. The second kappa shape index (κ2) is 5.12. The number of hydrogen-bond acceptors (Lipinski definition) is 2. The third-order valence-corrected chi connectivity index (χ3v) is 2.28. The molecule has 0 spiro atoms. The summed E-state index contributed by atoms with van der Waals surface area (Å²) < 4.78 is 0. The minimum Gasteiger partial charge on any atom is -0.142 e. The van der Waals surface area contributed by atoms with Crippen molar-refractivity contribution in [3.63, 3.8) is 0 Å². The standard InChI is InChI=1S/C10H10S2/c11-9-7-5-3-1-2-4-6-8-10(9)12/h1-8,11-12H. The molecule has 0 aliphatic heterocycles. The molecule has 0 saturated heterocycles. The zero-order valence-corrected chi connectivity index (χ0v) is 8.30. The largest absolute Gasteiger partial charge is 0.142 e. The summed E-state index contributed by atoms with van der Waals surface area (Å²) in [5.74, 6) is 0. The van der Waals surface area contributed by atoms with Crippen LogP contribution in [0.3, 0.4) is 0 Å². The van der Waals surface area contributed by atoms with E-state index in [4.69, 9.17) is 0 Å². The smallest absolute Gasteiger partial charge is 0.0174 e. The van der Waals surface area contributed by atoms with E-state index in [1.807, 2.05) is 48.5 Å². The first-order chi connectivity index (χ1) is 5.80. The monoisotopic (exact) mass is 194 g/mol. The van der Waals surface area contributed by atoms with Crippen molar-refractivity contribution < 1.29 is 0 Å². The lowest BCUT2D eigenvalue weighted by atomic mass is 10.4. The van der Waals surface area contributed by atoms with Gasteiger partial charge in [0.15, 0.2) is 0 Å². The molecule has 0 atom stereocenters. The van der Waals surface area contributed by atoms with Crippen molar-refractivity contribution in [2.45, 2.75) is 9.79 Å². The highest BCUT2D eigenvalue weighted by Gasteiger charge is 1.83. The Labute approximate surface area is 83.8 Å². The lowest BCUT2D eigenvalue weighted by Crippen LogP contribution is -1.62. The molecule has 1 rings (SSSR count). The molecule has 0 N–H and O–H groups in total. The minimum atomic E-state index is 0.870. The van der Waals surface area contributed by atoms with E-state index in [9.17, 15) is 0 Å². The number of thiol groups is 2. The van der Waals surface area contributed by atoms with Crippen LogP contribution in [0.5, 0.6) is 0 Å². The Morgan fingerprint density at radius 2 is 0.917 bits per heavy atom. The molecule has 0 nitrogen and oxygen atoms in total. The van der Waals surface area contributed by atoms with Gasteiger partial charge in [0, 0.05) is 9.79 Å². The van der Waals surface area contributed by atoms with Crippen LogP contribution in [0.15, 0.2) is 58.3 Å². The maximum Gasteiger partial charge on any atom is 0.0174 e. The molecule has 0 radical (unpaired) electrons. The summed E-state index contributed by atoms with van der Waals surface area (Å²) in [6.07, 6.45) is 0. The van der Waals surface area contributed by atoms with Gasteiger partial charge in [0.05, 0.1) is 0 Å². The quantitative estimate of drug-likeness (QED) is 0.581. The van der Waals surface area contributed by atoms with Gasteiger partial charge in [-0.2, -0.15) is 0 Å². The van der Waals surface area contributed by atoms with Gasteiger partial charge in [0.2, 0.25) is 0 Å². The van der Waals surface area contributed by atoms with Crippen LogP contribution < -0.4 is 0 Å². The molecule has 62 valence electrons. The van der Waals surface area contributed by atoms with Crippen LogP contribution in [0.1, 0.15) is 0 Å². The highest BCUT2D eigenvalue weighted by molar-refractivity contribution is 7.83. The van der Waals surface area contributed by atoms with E-state index in [1.165, 1.54) is 0 Å². The summed E-state index contributed by atoms with van der Waals surface area (Å²) in [6.45, 7) is 0. The molecule has 0 heterocycles. The van der Waals surface area contributed by atoms with Gasteiger partial charge in [-0.25, -0.2) is 0 Å². The molecular formula is C10H10S2. The molecule has 0 saturated carbocycles. The Bertz CT molecular complexity index is 275. The third-order valence-electron chi connectivity index (χ3n) is 1.33. The Hall–Kier alpha value is -0.600. The van der Waals surface area contributed by atoms with E-state index in [0.717, 1.165) is 9.79 Å². The normalized spacial score (nSPS) is 8.83. The summed E-state index contributed by atoms with van der Waals surface area (Å²) in [5.41, 5.74) is 0. The predicted octanol–water partition coefficient (Wildman–Crippen LogP) is 3.39. The second-order valence-electron chi connectivity index (χ2n) is 2.26. The van der Waals surface area contributed by atoms with Crippen LogP contribution in [-0.2, 0) is 0 Å². The lowest BCUT2D eigenvalue weighted by molar-refractivity contribution is 1.29. The average Bonchev–Trinajstić information content (AvgIpc) is 2.08. The Balaban J connectivity index is 3.25. The van der Waals surface area contributed by atoms with Gasteiger partial charge >= 0.3 is 0 Å². The fourth-order valence-electron chi connectivity index (χ4n) is 0.721. The summed E-state index contributed by atoms with van der Waals surface area (Å²) in [7, 11) is 0. The van der Waals surface area contributed by atoms with Crippen LogP contribution in [0.25, 0.3) is 0 Å². The number of rotatable bonds is 0. The average molecular weight is 194 g/mol. The number of hydrogen-bond donors (Lipinski definition) is 2. The van der Waals surface area contributed by atoms with Crippen LogP contribution in [-0.4, -0.2) is 0 Å². The molecule has 0 aliphatic carbocycles. The van der Waals surface area contributed by atoms with E-state index < -0.39 is 0 Å². The van der Waals surface area contributed by atoms with Gasteiger partial charge < -0.3 is 0 Å². The van der Waals surface area contributed by atoms with Crippen LogP contribution >= 0.6 is 25.3 Å². The maximum absolute atomic E-state index is 4.26. The topological polar surface area (TPSA) is 0 Å². The zero-order valence-electron chi connectivity index (χ0n) is 6.51. The highest BCUT2D eigenvalue weighted by Crippen LogP contribution is 2.13. The van der Waals surface area contributed by atoms with Crippen molar-refractivity contribution in [1.29, 1.82) is 0 Å². The summed E-state index contributed by atoms with van der Waals surface area (Å²) in [6, 6.07) is 15.5. The fraction of sp³-hybridized carbons (Fsp3) is 0. The van der Waals surface area contributed by atoms with Gasteiger partial charge in [0.25, 0.3) is 0 Å². The Morgan fingerprint density at radius 1 is 0.583 bits per heavy atom. The summed E-state index contributed by atoms with van der Waals surface area (Å²) in [5, 5.41) is 0. The summed E-state index contributed by atoms with van der Waals surface area (Å²) in [4.78, 5) is 1.74. The van der Waals surface area contributed by atoms with Crippen molar-refractivity contribution >= 4 is 25.3 Å². The molecule has 0 unspecified atom stereocenters. The van der Waals surface area contributed by atoms with Crippen molar-refractivity contribution in [2.24, 2.45) is 0 Å². The van der Waals surface area contributed by atoms with E-state index in [1.54, 1.807) is 0 Å². The SMILES string of the molecule is Sc1ccccccccc1S. The van der Waals surface area contributed by atoms with Gasteiger partial charge in [-0.1, -0.05) is 36.4 Å². The van der Waals surface area contributed by atoms with Crippen molar-refractivity contribution in [3.8, 4) is 0 Å². The molecule has 0 aromatic heterocycles. The Morgan fingerprint density at radius 3 is 1.33 bits per heavy atom. The molecular weight excluding hydrogens is 184 g/mol. The van der Waals surface area contributed by atoms with Gasteiger partial charge in [-0.05, 0) is 12.1 Å². The van der Waals surface area contributed by atoms with Gasteiger partial charge in [-0.3, -0.25) is 0 Å². The third kappa shape index (κ3) is 3.20. The maximum atomic E-state index is 4.26. The van der Waals surface area contributed by atoms with Crippen LogP contribution in [0, 0.1) is 0 Å². The molecule has 12 heavy (non-hydrogen) atoms. The Kier molecular flexibility index (Phi) is 4.05.